The van der Waals surface area contributed by atoms with E-state index in [1.54, 1.807) is 28.5 Å². The number of benzene rings is 9. The van der Waals surface area contributed by atoms with Gasteiger partial charge in [0.1, 0.15) is 0 Å². The summed E-state index contributed by atoms with van der Waals surface area (Å²) >= 11 is 0.948. The maximum atomic E-state index is 2.79. The van der Waals surface area contributed by atoms with E-state index < -0.39 is 0 Å². The summed E-state index contributed by atoms with van der Waals surface area (Å²) in [7, 11) is 0. The molecule has 10 aromatic rings. The Morgan fingerprint density at radius 3 is 1.25 bits per heavy atom. The minimum absolute atomic E-state index is 0.0755. The Kier molecular flexibility index (Phi) is 5.98. The third-order valence-electron chi connectivity index (χ3n) is 15.4. The van der Waals surface area contributed by atoms with E-state index in [1.807, 2.05) is 0 Å². The van der Waals surface area contributed by atoms with Crippen molar-refractivity contribution in [3.63, 3.8) is 0 Å². The molecule has 296 valence electrons. The normalized spacial score (nSPS) is 16.2. The molecule has 9 aliphatic heterocycles. The molecule has 9 aliphatic rings. The van der Waals surface area contributed by atoms with Gasteiger partial charge in [-0.05, 0) is 0 Å². The first-order valence-electron chi connectivity index (χ1n) is 22.2. The molecule has 10 heterocycles. The first-order valence-corrected chi connectivity index (χ1v) is 30.7. The van der Waals surface area contributed by atoms with E-state index in [1.165, 1.54) is 127 Å². The molecule has 0 amide bonds. The van der Waals surface area contributed by atoms with Crippen LogP contribution in [0.25, 0.3) is 21.5 Å². The molecule has 0 bridgehead atoms. The van der Waals surface area contributed by atoms with Gasteiger partial charge in [-0.15, -0.1) is 0 Å². The van der Waals surface area contributed by atoms with E-state index >= 15 is 0 Å². The van der Waals surface area contributed by atoms with E-state index in [-0.39, 0.29) is 87.8 Å². The molecule has 65 heavy (non-hydrogen) atoms. The fourth-order valence-corrected chi connectivity index (χ4v) is 27.0. The number of anilines is 12. The van der Waals surface area contributed by atoms with Crippen molar-refractivity contribution in [1.82, 2.24) is 0 Å². The Labute approximate surface area is 405 Å². The molecule has 19 rings (SSSR count). The molecule has 0 radical (unpaired) electrons. The summed E-state index contributed by atoms with van der Waals surface area (Å²) in [5.74, 6) is 0. The monoisotopic (exact) mass is 1150 g/mol. The SMILES string of the molecule is c1cc2c3c(c1)[Se]c1c4c(cc5ccccc15)B1c5[se]c6c7c5N(c5ccccc5N7c5ccc7c8c5B6c5cc6ccccc6c6c5N8c5c(cccc5[Se]6)[Se]7)c5ccc(c(c51)N34)[Se]2. The molecule has 0 saturated heterocycles. The predicted octanol–water partition coefficient (Wildman–Crippen LogP) is 1.40. The van der Waals surface area contributed by atoms with Crippen molar-refractivity contribution in [2.75, 3.05) is 19.6 Å². The number of fused-ring (bicyclic) bond motifs is 13. The van der Waals surface area contributed by atoms with Crippen LogP contribution in [-0.2, 0) is 0 Å². The quantitative estimate of drug-likeness (QED) is 0.214. The molecule has 0 fully saturated rings. The van der Waals surface area contributed by atoms with Crippen LogP contribution >= 0.6 is 0 Å². The second-order valence-corrected chi connectivity index (χ2v) is 29.5. The molecule has 0 aliphatic carbocycles. The van der Waals surface area contributed by atoms with Crippen LogP contribution in [0.3, 0.4) is 0 Å². The van der Waals surface area contributed by atoms with Gasteiger partial charge in [-0.2, -0.15) is 0 Å². The summed E-state index contributed by atoms with van der Waals surface area (Å²) in [6.07, 6.45) is 0. The molecule has 4 nitrogen and oxygen atoms in total. The van der Waals surface area contributed by atoms with Crippen molar-refractivity contribution in [3.05, 3.63) is 146 Å². The molecule has 11 heteroatoms. The van der Waals surface area contributed by atoms with Crippen molar-refractivity contribution in [2.45, 2.75) is 0 Å². The molecule has 0 saturated carbocycles. The summed E-state index contributed by atoms with van der Waals surface area (Å²) in [6.45, 7) is 0.390. The summed E-state index contributed by atoms with van der Waals surface area (Å²) in [5.41, 5.74) is 23.4. The Morgan fingerprint density at radius 2 is 0.754 bits per heavy atom. The average molecular weight is 1150 g/mol. The van der Waals surface area contributed by atoms with Gasteiger partial charge in [0, 0.05) is 0 Å². The minimum atomic E-state index is 0.0755. The first kappa shape index (κ1) is 34.3. The fraction of sp³-hybridized carbons (Fsp3) is 0. The van der Waals surface area contributed by atoms with Crippen LogP contribution in [0.2, 0.25) is 0 Å². The van der Waals surface area contributed by atoms with Crippen LogP contribution in [0, 0.1) is 0 Å². The third-order valence-corrected chi connectivity index (χ3v) is 27.6. The summed E-state index contributed by atoms with van der Waals surface area (Å²) in [5, 5.41) is 5.63. The Hall–Kier alpha value is -5.09. The van der Waals surface area contributed by atoms with Crippen molar-refractivity contribution >= 4 is 244 Å². The molecular formula is C54H24B2N4Se5. The number of hydrogen-bond acceptors (Lipinski definition) is 4. The van der Waals surface area contributed by atoms with Gasteiger partial charge in [-0.3, -0.25) is 0 Å². The van der Waals surface area contributed by atoms with Gasteiger partial charge in [0.2, 0.25) is 0 Å². The Morgan fingerprint density at radius 1 is 0.323 bits per heavy atom. The van der Waals surface area contributed by atoms with Gasteiger partial charge >= 0.3 is 409 Å². The van der Waals surface area contributed by atoms with Crippen molar-refractivity contribution in [1.29, 1.82) is 0 Å². The molecule has 9 aromatic carbocycles. The van der Waals surface area contributed by atoms with Crippen molar-refractivity contribution in [2.24, 2.45) is 0 Å². The summed E-state index contributed by atoms with van der Waals surface area (Å²) in [4.78, 5) is 11.1. The zero-order chi connectivity index (χ0) is 41.3. The third kappa shape index (κ3) is 3.74. The molecule has 1 aromatic heterocycles. The fourth-order valence-electron chi connectivity index (χ4n) is 13.1. The Bertz CT molecular complexity index is 3850. The second kappa shape index (κ2) is 11.4. The van der Waals surface area contributed by atoms with E-state index in [4.69, 9.17) is 0 Å². The predicted molar refractivity (Wildman–Crippen MR) is 280 cm³/mol. The maximum absolute atomic E-state index is 2.79. The number of hydrogen-bond donors (Lipinski definition) is 0. The molecule has 0 N–H and O–H groups in total. The number of rotatable bonds is 0. The number of para-hydroxylation sites is 4. The summed E-state index contributed by atoms with van der Waals surface area (Å²) in [6, 6.07) is 57.8. The van der Waals surface area contributed by atoms with E-state index in [0.29, 0.717) is 0 Å². The van der Waals surface area contributed by atoms with Crippen LogP contribution in [0.15, 0.2) is 146 Å². The zero-order valence-electron chi connectivity index (χ0n) is 33.8. The van der Waals surface area contributed by atoms with Gasteiger partial charge < -0.3 is 0 Å². The topological polar surface area (TPSA) is 13.0 Å². The van der Waals surface area contributed by atoms with Crippen LogP contribution in [0.4, 0.5) is 68.2 Å². The Balaban J connectivity index is 0.973. The van der Waals surface area contributed by atoms with Gasteiger partial charge in [0.25, 0.3) is 0 Å². The standard InChI is InChI=1S/C54H24B2N4Se5/c1-3-11-27-25(9-1)23-29-43-51(27)63-37-17-7-15-35-45(37)59(43)47-39(61-35)21-19-33-41(47)55(29)53-49-50-54(65-53)56-30-24-26-10-2-4-12-28(26)52-44(30)60-46-36(16-8-18-38(46)64-52)62-40-22-20-34(42(56)48(40)60)58(50)32-14-6-5-13-31(32)57(33)49/h1-24H. The number of nitrogens with zero attached hydrogens (tertiary/aromatic N) is 4. The zero-order valence-corrected chi connectivity index (χ0v) is 42.4. The second-order valence-electron chi connectivity index (χ2n) is 18.3. The van der Waals surface area contributed by atoms with Crippen LogP contribution < -0.4 is 85.8 Å². The average Bonchev–Trinajstić information content (AvgIpc) is 3.74. The van der Waals surface area contributed by atoms with Crippen LogP contribution in [0.5, 0.6) is 0 Å². The van der Waals surface area contributed by atoms with Gasteiger partial charge in [0.05, 0.1) is 0 Å². The molecule has 0 atom stereocenters. The van der Waals surface area contributed by atoms with Crippen LogP contribution in [0.1, 0.15) is 0 Å². The molecule has 0 spiro atoms. The van der Waals surface area contributed by atoms with Gasteiger partial charge in [-0.25, -0.2) is 0 Å². The van der Waals surface area contributed by atoms with E-state index in [2.05, 4.69) is 165 Å². The van der Waals surface area contributed by atoms with E-state index in [9.17, 15) is 0 Å². The summed E-state index contributed by atoms with van der Waals surface area (Å²) < 4.78 is 15.6. The first-order chi connectivity index (χ1) is 32.3. The van der Waals surface area contributed by atoms with Gasteiger partial charge in [0.15, 0.2) is 0 Å². The molecular weight excluding hydrogens is 1120 g/mol. The van der Waals surface area contributed by atoms with E-state index in [0.717, 1.165) is 0 Å². The van der Waals surface area contributed by atoms with Crippen molar-refractivity contribution < 1.29 is 0 Å². The van der Waals surface area contributed by atoms with Crippen LogP contribution in [-0.4, -0.2) is 87.8 Å². The van der Waals surface area contributed by atoms with Crippen molar-refractivity contribution in [3.8, 4) is 0 Å². The van der Waals surface area contributed by atoms with Gasteiger partial charge in [-0.1, -0.05) is 0 Å². The molecule has 0 unspecified atom stereocenters.